The van der Waals surface area contributed by atoms with Crippen molar-refractivity contribution in [2.24, 2.45) is 5.73 Å². The highest BCUT2D eigenvalue weighted by molar-refractivity contribution is 5.84. The van der Waals surface area contributed by atoms with Crippen LogP contribution in [0.4, 0.5) is 0 Å². The Morgan fingerprint density at radius 3 is 2.75 bits per heavy atom. The second kappa shape index (κ2) is 3.95. The van der Waals surface area contributed by atoms with E-state index in [0.717, 1.165) is 27.6 Å². The summed E-state index contributed by atoms with van der Waals surface area (Å²) in [6.45, 7) is 0. The number of aliphatic hydroxyl groups is 1. The SMILES string of the molecule is NC1CC(O)(c2cccc3[nH]ccc23)c2ccccc21. The monoisotopic (exact) mass is 264 g/mol. The summed E-state index contributed by atoms with van der Waals surface area (Å²) in [5.74, 6) is 0. The van der Waals surface area contributed by atoms with Crippen molar-refractivity contribution in [3.8, 4) is 0 Å². The molecule has 0 aliphatic heterocycles. The van der Waals surface area contributed by atoms with Crippen LogP contribution in [-0.4, -0.2) is 10.1 Å². The second-order valence-corrected chi connectivity index (χ2v) is 5.50. The van der Waals surface area contributed by atoms with Crippen molar-refractivity contribution in [3.05, 3.63) is 71.4 Å². The molecule has 4 rings (SSSR count). The molecule has 20 heavy (non-hydrogen) atoms. The molecule has 0 radical (unpaired) electrons. The van der Waals surface area contributed by atoms with Crippen molar-refractivity contribution in [1.29, 1.82) is 0 Å². The van der Waals surface area contributed by atoms with Gasteiger partial charge in [-0.05, 0) is 28.8 Å². The number of aromatic amines is 1. The van der Waals surface area contributed by atoms with Gasteiger partial charge in [0.1, 0.15) is 5.60 Å². The summed E-state index contributed by atoms with van der Waals surface area (Å²) in [5.41, 5.74) is 9.15. The molecule has 4 N–H and O–H groups in total. The quantitative estimate of drug-likeness (QED) is 0.633. The predicted molar refractivity (Wildman–Crippen MR) is 79.3 cm³/mol. The Bertz CT molecular complexity index is 792. The van der Waals surface area contributed by atoms with E-state index < -0.39 is 5.60 Å². The van der Waals surface area contributed by atoms with E-state index in [4.69, 9.17) is 5.73 Å². The molecule has 0 amide bonds. The number of rotatable bonds is 1. The van der Waals surface area contributed by atoms with Crippen LogP contribution in [0.1, 0.15) is 29.2 Å². The summed E-state index contributed by atoms with van der Waals surface area (Å²) in [4.78, 5) is 3.19. The van der Waals surface area contributed by atoms with Crippen LogP contribution in [0.25, 0.3) is 10.9 Å². The lowest BCUT2D eigenvalue weighted by Gasteiger charge is -2.25. The van der Waals surface area contributed by atoms with Crippen molar-refractivity contribution < 1.29 is 5.11 Å². The average Bonchev–Trinajstić information content (AvgIpc) is 3.03. The fourth-order valence-corrected chi connectivity index (χ4v) is 3.44. The zero-order chi connectivity index (χ0) is 13.7. The van der Waals surface area contributed by atoms with Gasteiger partial charge in [0.05, 0.1) is 0 Å². The first-order valence-electron chi connectivity index (χ1n) is 6.84. The molecule has 0 spiro atoms. The standard InChI is InChI=1S/C17H16N2O/c18-15-10-17(20,13-5-2-1-4-11(13)15)14-6-3-7-16-12(14)8-9-19-16/h1-9,15,19-20H,10,18H2. The molecule has 1 aliphatic carbocycles. The molecule has 0 bridgehead atoms. The summed E-state index contributed by atoms with van der Waals surface area (Å²) >= 11 is 0. The lowest BCUT2D eigenvalue weighted by molar-refractivity contribution is 0.0792. The Kier molecular flexibility index (Phi) is 2.31. The molecule has 0 saturated heterocycles. The van der Waals surface area contributed by atoms with Crippen molar-refractivity contribution >= 4 is 10.9 Å². The molecular formula is C17H16N2O. The maximum Gasteiger partial charge on any atom is 0.117 e. The van der Waals surface area contributed by atoms with E-state index in [1.807, 2.05) is 54.7 Å². The summed E-state index contributed by atoms with van der Waals surface area (Å²) in [7, 11) is 0. The van der Waals surface area contributed by atoms with Crippen molar-refractivity contribution in [2.75, 3.05) is 0 Å². The predicted octanol–water partition coefficient (Wildman–Crippen LogP) is 2.81. The molecule has 1 aromatic heterocycles. The minimum Gasteiger partial charge on any atom is -0.380 e. The number of benzene rings is 2. The van der Waals surface area contributed by atoms with Gasteiger partial charge in [0, 0.05) is 29.6 Å². The van der Waals surface area contributed by atoms with Gasteiger partial charge in [0.15, 0.2) is 0 Å². The van der Waals surface area contributed by atoms with Crippen LogP contribution < -0.4 is 5.73 Å². The molecular weight excluding hydrogens is 248 g/mol. The maximum atomic E-state index is 11.3. The van der Waals surface area contributed by atoms with E-state index in [0.29, 0.717) is 6.42 Å². The van der Waals surface area contributed by atoms with Gasteiger partial charge in [-0.1, -0.05) is 36.4 Å². The first-order chi connectivity index (χ1) is 9.70. The van der Waals surface area contributed by atoms with E-state index in [1.54, 1.807) is 0 Å². The number of aromatic nitrogens is 1. The smallest absolute Gasteiger partial charge is 0.117 e. The molecule has 0 fully saturated rings. The Hall–Kier alpha value is -2.10. The molecule has 1 aliphatic rings. The molecule has 1 heterocycles. The Morgan fingerprint density at radius 2 is 1.85 bits per heavy atom. The van der Waals surface area contributed by atoms with Crippen LogP contribution in [0.3, 0.4) is 0 Å². The molecule has 100 valence electrons. The summed E-state index contributed by atoms with van der Waals surface area (Å²) in [5, 5.41) is 12.4. The zero-order valence-corrected chi connectivity index (χ0v) is 11.0. The van der Waals surface area contributed by atoms with Gasteiger partial charge in [0.25, 0.3) is 0 Å². The molecule has 3 heteroatoms. The van der Waals surface area contributed by atoms with Gasteiger partial charge in [-0.2, -0.15) is 0 Å². The second-order valence-electron chi connectivity index (χ2n) is 5.50. The topological polar surface area (TPSA) is 62.0 Å². The van der Waals surface area contributed by atoms with Crippen LogP contribution >= 0.6 is 0 Å². The van der Waals surface area contributed by atoms with Gasteiger partial charge in [0.2, 0.25) is 0 Å². The number of hydrogen-bond acceptors (Lipinski definition) is 2. The van der Waals surface area contributed by atoms with Gasteiger partial charge in [-0.15, -0.1) is 0 Å². The molecule has 3 aromatic rings. The molecule has 0 saturated carbocycles. The summed E-state index contributed by atoms with van der Waals surface area (Å²) < 4.78 is 0. The largest absolute Gasteiger partial charge is 0.380 e. The van der Waals surface area contributed by atoms with E-state index in [-0.39, 0.29) is 6.04 Å². The summed E-state index contributed by atoms with van der Waals surface area (Å²) in [6, 6.07) is 15.8. The molecule has 2 atom stereocenters. The Balaban J connectivity index is 2.01. The molecule has 2 aromatic carbocycles. The van der Waals surface area contributed by atoms with Gasteiger partial charge < -0.3 is 15.8 Å². The fourth-order valence-electron chi connectivity index (χ4n) is 3.44. The maximum absolute atomic E-state index is 11.3. The molecule has 2 unspecified atom stereocenters. The van der Waals surface area contributed by atoms with Crippen LogP contribution in [-0.2, 0) is 5.60 Å². The highest BCUT2D eigenvalue weighted by Gasteiger charge is 2.42. The minimum absolute atomic E-state index is 0.120. The van der Waals surface area contributed by atoms with E-state index >= 15 is 0 Å². The van der Waals surface area contributed by atoms with E-state index in [2.05, 4.69) is 4.98 Å². The lowest BCUT2D eigenvalue weighted by atomic mass is 9.86. The number of fused-ring (bicyclic) bond motifs is 2. The lowest BCUT2D eigenvalue weighted by Crippen LogP contribution is -2.25. The third-order valence-electron chi connectivity index (χ3n) is 4.36. The van der Waals surface area contributed by atoms with Gasteiger partial charge >= 0.3 is 0 Å². The first kappa shape index (κ1) is 11.7. The van der Waals surface area contributed by atoms with Crippen molar-refractivity contribution in [1.82, 2.24) is 4.98 Å². The van der Waals surface area contributed by atoms with Gasteiger partial charge in [-0.3, -0.25) is 0 Å². The Labute approximate surface area is 117 Å². The third-order valence-corrected chi connectivity index (χ3v) is 4.36. The highest BCUT2D eigenvalue weighted by atomic mass is 16.3. The first-order valence-corrected chi connectivity index (χ1v) is 6.84. The van der Waals surface area contributed by atoms with Gasteiger partial charge in [-0.25, -0.2) is 0 Å². The van der Waals surface area contributed by atoms with Crippen LogP contribution in [0, 0.1) is 0 Å². The average molecular weight is 264 g/mol. The minimum atomic E-state index is -1.00. The number of nitrogens with one attached hydrogen (secondary N) is 1. The van der Waals surface area contributed by atoms with Crippen LogP contribution in [0.2, 0.25) is 0 Å². The highest BCUT2D eigenvalue weighted by Crippen LogP contribution is 2.47. The Morgan fingerprint density at radius 1 is 1.05 bits per heavy atom. The molecule has 3 nitrogen and oxygen atoms in total. The van der Waals surface area contributed by atoms with E-state index in [1.165, 1.54) is 0 Å². The van der Waals surface area contributed by atoms with Crippen LogP contribution in [0.5, 0.6) is 0 Å². The van der Waals surface area contributed by atoms with Crippen LogP contribution in [0.15, 0.2) is 54.7 Å². The van der Waals surface area contributed by atoms with Crippen molar-refractivity contribution in [3.63, 3.8) is 0 Å². The zero-order valence-electron chi connectivity index (χ0n) is 11.0. The normalized spacial score (nSPS) is 25.0. The fraction of sp³-hybridized carbons (Fsp3) is 0.176. The third kappa shape index (κ3) is 1.42. The number of nitrogens with two attached hydrogens (primary N) is 1. The van der Waals surface area contributed by atoms with Crippen molar-refractivity contribution in [2.45, 2.75) is 18.1 Å². The van der Waals surface area contributed by atoms with E-state index in [9.17, 15) is 5.11 Å². The number of H-pyrrole nitrogens is 1. The number of hydrogen-bond donors (Lipinski definition) is 3. The summed E-state index contributed by atoms with van der Waals surface area (Å²) in [6.07, 6.45) is 2.43.